The first-order valence-corrected chi connectivity index (χ1v) is 19.1. The van der Waals surface area contributed by atoms with Crippen LogP contribution in [0.5, 0.6) is 0 Å². The molecule has 2 aromatic heterocycles. The van der Waals surface area contributed by atoms with Gasteiger partial charge in [0.1, 0.15) is 5.60 Å². The molecule has 0 radical (unpaired) electrons. The number of amides is 2. The lowest BCUT2D eigenvalue weighted by molar-refractivity contribution is -0.133. The maximum atomic E-state index is 13.7. The van der Waals surface area contributed by atoms with Crippen molar-refractivity contribution in [3.63, 3.8) is 0 Å². The van der Waals surface area contributed by atoms with Gasteiger partial charge in [-0.05, 0) is 83.4 Å². The number of aromatic nitrogens is 3. The summed E-state index contributed by atoms with van der Waals surface area (Å²) in [7, 11) is -3.88. The van der Waals surface area contributed by atoms with Crippen LogP contribution in [0.4, 0.5) is 10.7 Å². The minimum absolute atomic E-state index is 0.0263. The molecule has 4 aromatic rings. The molecule has 50 heavy (non-hydrogen) atoms. The van der Waals surface area contributed by atoms with Crippen molar-refractivity contribution in [2.75, 3.05) is 25.0 Å². The fourth-order valence-corrected chi connectivity index (χ4v) is 8.65. The molecule has 0 unspecified atom stereocenters. The van der Waals surface area contributed by atoms with Crippen molar-refractivity contribution >= 4 is 50.5 Å². The normalized spacial score (nSPS) is 18.9. The van der Waals surface area contributed by atoms with E-state index in [0.29, 0.717) is 58.7 Å². The molecule has 1 saturated heterocycles. The van der Waals surface area contributed by atoms with E-state index in [1.807, 2.05) is 37.8 Å². The molecule has 2 amide bonds. The van der Waals surface area contributed by atoms with Crippen molar-refractivity contribution in [1.29, 1.82) is 0 Å². The number of halogens is 1. The number of carbonyl (C=O) groups is 2. The van der Waals surface area contributed by atoms with Gasteiger partial charge in [0.05, 0.1) is 27.3 Å². The van der Waals surface area contributed by atoms with Crippen molar-refractivity contribution in [2.45, 2.75) is 88.8 Å². The molecule has 2 fully saturated rings. The monoisotopic (exact) mass is 720 g/mol. The molecule has 1 N–H and O–H groups in total. The smallest absolute Gasteiger partial charge is 0.410 e. The van der Waals surface area contributed by atoms with Gasteiger partial charge >= 0.3 is 6.09 Å². The highest BCUT2D eigenvalue weighted by Gasteiger charge is 2.33. The van der Waals surface area contributed by atoms with Crippen molar-refractivity contribution < 1.29 is 22.7 Å². The third-order valence-corrected chi connectivity index (χ3v) is 11.5. The number of hydrogen-bond donors (Lipinski definition) is 1. The van der Waals surface area contributed by atoms with Crippen molar-refractivity contribution in [2.24, 2.45) is 5.92 Å². The molecule has 0 bridgehead atoms. The van der Waals surface area contributed by atoms with Gasteiger partial charge in [-0.1, -0.05) is 48.0 Å². The third kappa shape index (κ3) is 7.91. The molecule has 2 aromatic carbocycles. The average molecular weight is 721 g/mol. The Kier molecular flexibility index (Phi) is 10.4. The molecule has 11 nitrogen and oxygen atoms in total. The highest BCUT2D eigenvalue weighted by Crippen LogP contribution is 2.36. The van der Waals surface area contributed by atoms with Crippen LogP contribution in [-0.4, -0.2) is 81.5 Å². The van der Waals surface area contributed by atoms with Gasteiger partial charge in [0, 0.05) is 55.8 Å². The summed E-state index contributed by atoms with van der Waals surface area (Å²) in [5, 5.41) is 4.49. The number of likely N-dealkylation sites (tertiary alicyclic amines) is 1. The van der Waals surface area contributed by atoms with E-state index in [0.717, 1.165) is 38.5 Å². The summed E-state index contributed by atoms with van der Waals surface area (Å²) in [4.78, 5) is 38.8. The first kappa shape index (κ1) is 35.7. The van der Waals surface area contributed by atoms with Crippen molar-refractivity contribution in [1.82, 2.24) is 23.7 Å². The van der Waals surface area contributed by atoms with Crippen LogP contribution in [-0.2, 0) is 19.6 Å². The molecule has 0 spiro atoms. The van der Waals surface area contributed by atoms with E-state index in [4.69, 9.17) is 21.3 Å². The zero-order valence-electron chi connectivity index (χ0n) is 29.0. The van der Waals surface area contributed by atoms with Gasteiger partial charge in [-0.3, -0.25) is 4.79 Å². The van der Waals surface area contributed by atoms with E-state index in [2.05, 4.69) is 10.3 Å². The van der Waals surface area contributed by atoms with E-state index in [-0.39, 0.29) is 29.0 Å². The van der Waals surface area contributed by atoms with Crippen LogP contribution in [0.2, 0.25) is 5.02 Å². The van der Waals surface area contributed by atoms with Crippen LogP contribution in [0, 0.1) is 5.92 Å². The van der Waals surface area contributed by atoms with Gasteiger partial charge in [0.2, 0.25) is 11.9 Å². The largest absolute Gasteiger partial charge is 0.444 e. The van der Waals surface area contributed by atoms with Crippen LogP contribution in [0.15, 0.2) is 71.9 Å². The molecule has 6 rings (SSSR count). The third-order valence-electron chi connectivity index (χ3n) is 9.52. The second-order valence-corrected chi connectivity index (χ2v) is 16.5. The van der Waals surface area contributed by atoms with Gasteiger partial charge in [-0.15, -0.1) is 0 Å². The van der Waals surface area contributed by atoms with Gasteiger partial charge in [-0.2, -0.15) is 0 Å². The van der Waals surface area contributed by atoms with E-state index < -0.39 is 15.6 Å². The van der Waals surface area contributed by atoms with E-state index in [9.17, 15) is 18.0 Å². The standard InChI is InChI=1S/C37H45ClN6O5S/c1-25(45)43(23-26-17-19-42(20-18-26)36(46)49-37(2,3)4)28-12-10-11-27(21-28)40-35-39-22-32(38)34(41-35)31-24-44(33-16-9-8-15-30(31)33)50(47,48)29-13-6-5-7-14-29/h5-9,13-16,22,24,26-28H,10-12,17-21,23H2,1-4H3,(H,39,40,41)/t27-,28+/m1/s1. The van der Waals surface area contributed by atoms with Gasteiger partial charge in [0.15, 0.2) is 0 Å². The van der Waals surface area contributed by atoms with Gasteiger partial charge in [0.25, 0.3) is 10.0 Å². The van der Waals surface area contributed by atoms with Crippen LogP contribution in [0.25, 0.3) is 22.2 Å². The molecule has 1 aliphatic heterocycles. The Bertz CT molecular complexity index is 1950. The van der Waals surface area contributed by atoms with Crippen LogP contribution in [0.1, 0.15) is 66.2 Å². The lowest BCUT2D eigenvalue weighted by Crippen LogP contribution is -2.49. The number of anilines is 1. The number of piperidine rings is 1. The molecule has 1 saturated carbocycles. The number of benzene rings is 2. The number of para-hydroxylation sites is 1. The average Bonchev–Trinajstić information content (AvgIpc) is 3.48. The fourth-order valence-electron chi connectivity index (χ4n) is 7.07. The quantitative estimate of drug-likeness (QED) is 0.202. The molecular weight excluding hydrogens is 676 g/mol. The summed E-state index contributed by atoms with van der Waals surface area (Å²) in [5.41, 5.74) is 0.997. The molecule has 266 valence electrons. The first-order chi connectivity index (χ1) is 23.8. The van der Waals surface area contributed by atoms with Crippen LogP contribution < -0.4 is 5.32 Å². The number of nitrogens with one attached hydrogen (secondary N) is 1. The zero-order chi connectivity index (χ0) is 35.6. The number of ether oxygens (including phenoxy) is 1. The zero-order valence-corrected chi connectivity index (χ0v) is 30.6. The van der Waals surface area contributed by atoms with E-state index >= 15 is 0 Å². The van der Waals surface area contributed by atoms with E-state index in [1.165, 1.54) is 10.2 Å². The Morgan fingerprint density at radius 1 is 1.02 bits per heavy atom. The predicted molar refractivity (Wildman–Crippen MR) is 195 cm³/mol. The second-order valence-electron chi connectivity index (χ2n) is 14.3. The number of rotatable bonds is 8. The minimum Gasteiger partial charge on any atom is -0.444 e. The maximum absolute atomic E-state index is 13.7. The summed E-state index contributed by atoms with van der Waals surface area (Å²) in [5.74, 6) is 0.750. The topological polar surface area (TPSA) is 127 Å². The minimum atomic E-state index is -3.88. The second kappa shape index (κ2) is 14.6. The Labute approximate surface area is 299 Å². The SMILES string of the molecule is CC(=O)N(CC1CCN(C(=O)OC(C)(C)C)CC1)[C@H]1CCC[C@@H](Nc2ncc(Cl)c(-c3cn(S(=O)(=O)c4ccccc4)c4ccccc34)n2)C1. The highest BCUT2D eigenvalue weighted by atomic mass is 35.5. The predicted octanol–water partition coefficient (Wildman–Crippen LogP) is 7.21. The lowest BCUT2D eigenvalue weighted by atomic mass is 9.88. The number of hydrogen-bond acceptors (Lipinski definition) is 8. The Morgan fingerprint density at radius 3 is 2.42 bits per heavy atom. The number of carbonyl (C=O) groups excluding carboxylic acids is 2. The lowest BCUT2D eigenvalue weighted by Gasteiger charge is -2.41. The molecule has 2 atom stereocenters. The molecule has 1 aliphatic carbocycles. The molecule has 3 heterocycles. The van der Waals surface area contributed by atoms with Gasteiger partial charge < -0.3 is 19.9 Å². The van der Waals surface area contributed by atoms with Crippen molar-refractivity contribution in [3.05, 3.63) is 72.0 Å². The fraction of sp³-hybridized carbons (Fsp3) is 0.459. The molecule has 2 aliphatic rings. The van der Waals surface area contributed by atoms with Crippen LogP contribution in [0.3, 0.4) is 0 Å². The summed E-state index contributed by atoms with van der Waals surface area (Å²) in [6, 6.07) is 15.7. The Morgan fingerprint density at radius 2 is 1.72 bits per heavy atom. The summed E-state index contributed by atoms with van der Waals surface area (Å²) < 4.78 is 34.2. The summed E-state index contributed by atoms with van der Waals surface area (Å²) >= 11 is 6.68. The van der Waals surface area contributed by atoms with Crippen molar-refractivity contribution in [3.8, 4) is 11.3 Å². The van der Waals surface area contributed by atoms with Gasteiger partial charge in [-0.25, -0.2) is 27.2 Å². The summed E-state index contributed by atoms with van der Waals surface area (Å²) in [6.07, 6.45) is 7.96. The number of fused-ring (bicyclic) bond motifs is 1. The molecular formula is C37H45ClN6O5S. The Hall–Kier alpha value is -4.16. The van der Waals surface area contributed by atoms with Crippen LogP contribution >= 0.6 is 11.6 Å². The maximum Gasteiger partial charge on any atom is 0.410 e. The first-order valence-electron chi connectivity index (χ1n) is 17.3. The summed E-state index contributed by atoms with van der Waals surface area (Å²) in [6.45, 7) is 9.14. The highest BCUT2D eigenvalue weighted by molar-refractivity contribution is 7.90. The number of nitrogens with zero attached hydrogens (tertiary/aromatic N) is 5. The Balaban J connectivity index is 1.16. The molecule has 13 heteroatoms. The van der Waals surface area contributed by atoms with E-state index in [1.54, 1.807) is 60.5 Å².